The molecule has 1 N–H and O–H groups in total. The van der Waals surface area contributed by atoms with Gasteiger partial charge in [0.25, 0.3) is 5.91 Å². The van der Waals surface area contributed by atoms with Crippen LogP contribution in [0.1, 0.15) is 18.4 Å². The molecule has 0 bridgehead atoms. The van der Waals surface area contributed by atoms with Crippen LogP contribution in [-0.4, -0.2) is 28.4 Å². The van der Waals surface area contributed by atoms with Crippen LogP contribution >= 0.6 is 7.60 Å². The third-order valence-corrected chi connectivity index (χ3v) is 5.55. The van der Waals surface area contributed by atoms with Crippen LogP contribution in [0.2, 0.25) is 0 Å². The van der Waals surface area contributed by atoms with E-state index in [1.807, 2.05) is 12.1 Å². The zero-order chi connectivity index (χ0) is 13.5. The second-order valence-electron chi connectivity index (χ2n) is 4.63. The third-order valence-electron chi connectivity index (χ3n) is 3.37. The highest BCUT2D eigenvalue weighted by Crippen LogP contribution is 2.59. The van der Waals surface area contributed by atoms with Crippen molar-refractivity contribution in [3.8, 4) is 5.75 Å². The van der Waals surface area contributed by atoms with Crippen molar-refractivity contribution in [3.63, 3.8) is 0 Å². The van der Waals surface area contributed by atoms with Crippen LogP contribution in [0.5, 0.6) is 5.75 Å². The van der Waals surface area contributed by atoms with Gasteiger partial charge >= 0.3 is 7.60 Å². The van der Waals surface area contributed by atoms with E-state index in [2.05, 4.69) is 0 Å². The summed E-state index contributed by atoms with van der Waals surface area (Å²) in [6, 6.07) is 7.13. The van der Waals surface area contributed by atoms with Gasteiger partial charge in [-0.25, -0.2) is 9.63 Å². The van der Waals surface area contributed by atoms with Gasteiger partial charge in [0.05, 0.1) is 6.61 Å². The number of hydrogen-bond donors (Lipinski definition) is 1. The van der Waals surface area contributed by atoms with E-state index < -0.39 is 19.2 Å². The monoisotopic (exact) mass is 283 g/mol. The average molecular weight is 283 g/mol. The second-order valence-corrected chi connectivity index (χ2v) is 6.78. The first-order chi connectivity index (χ1) is 9.10. The summed E-state index contributed by atoms with van der Waals surface area (Å²) in [7, 11) is -3.57. The minimum Gasteiger partial charge on any atom is -0.423 e. The number of benzene rings is 1. The van der Waals surface area contributed by atoms with Crippen molar-refractivity contribution in [2.75, 3.05) is 6.54 Å². The Hall–Kier alpha value is -1.36. The first-order valence-electron chi connectivity index (χ1n) is 6.12. The molecular weight excluding hydrogens is 269 g/mol. The summed E-state index contributed by atoms with van der Waals surface area (Å²) in [5, 5.41) is 10.0. The first kappa shape index (κ1) is 12.7. The molecule has 1 unspecified atom stereocenters. The van der Waals surface area contributed by atoms with Gasteiger partial charge < -0.3 is 4.52 Å². The summed E-state index contributed by atoms with van der Waals surface area (Å²) in [5.74, 6) is -0.103. The Balaban J connectivity index is 1.89. The van der Waals surface area contributed by atoms with Crippen molar-refractivity contribution in [1.29, 1.82) is 0 Å². The van der Waals surface area contributed by atoms with Gasteiger partial charge in [-0.2, -0.15) is 0 Å². The van der Waals surface area contributed by atoms with Crippen LogP contribution in [0.4, 0.5) is 0 Å². The number of fused-ring (bicyclic) bond motifs is 1. The number of piperidine rings is 1. The quantitative estimate of drug-likeness (QED) is 0.631. The van der Waals surface area contributed by atoms with Gasteiger partial charge in [-0.05, 0) is 18.9 Å². The predicted molar refractivity (Wildman–Crippen MR) is 66.0 cm³/mol. The molecule has 0 saturated carbocycles. The topological polar surface area (TPSA) is 76.1 Å². The van der Waals surface area contributed by atoms with E-state index in [0.717, 1.165) is 5.56 Å². The van der Waals surface area contributed by atoms with E-state index in [9.17, 15) is 14.6 Å². The van der Waals surface area contributed by atoms with E-state index >= 15 is 0 Å². The molecular formula is C12H14NO5P. The number of carbonyl (C=O) groups is 1. The molecule has 1 aromatic rings. The number of rotatable bonds is 1. The first-order valence-corrected chi connectivity index (χ1v) is 7.73. The standard InChI is InChI=1S/C12H14NO5P/c14-12-11(6-3-7-13(12)15)19(16)17-8-9-4-1-2-5-10(9)18-19/h1-2,4-5,11,15H,3,6-8H2/t11?,19-/m0/s1. The van der Waals surface area contributed by atoms with Gasteiger partial charge in [0.2, 0.25) is 0 Å². The van der Waals surface area contributed by atoms with Crippen LogP contribution < -0.4 is 4.52 Å². The van der Waals surface area contributed by atoms with Gasteiger partial charge in [-0.3, -0.25) is 14.5 Å². The summed E-state index contributed by atoms with van der Waals surface area (Å²) < 4.78 is 23.5. The molecule has 0 radical (unpaired) electrons. The lowest BCUT2D eigenvalue weighted by molar-refractivity contribution is -0.169. The number of carbonyl (C=O) groups excluding carboxylic acids is 1. The molecule has 2 atom stereocenters. The fourth-order valence-corrected chi connectivity index (χ4v) is 4.36. The lowest BCUT2D eigenvalue weighted by Gasteiger charge is -2.34. The SMILES string of the molecule is O=C1C([P@]2(=O)OCc3ccccc3O2)CCCN1O. The Morgan fingerprint density at radius 3 is 3.00 bits per heavy atom. The lowest BCUT2D eigenvalue weighted by atomic mass is 10.1. The Labute approximate surface area is 110 Å². The molecule has 102 valence electrons. The zero-order valence-electron chi connectivity index (χ0n) is 10.2. The Kier molecular flexibility index (Phi) is 3.09. The molecule has 1 fully saturated rings. The van der Waals surface area contributed by atoms with Gasteiger partial charge in [0.15, 0.2) is 5.66 Å². The Bertz CT molecular complexity index is 561. The second kappa shape index (κ2) is 4.63. The largest absolute Gasteiger partial charge is 0.423 e. The fourth-order valence-electron chi connectivity index (χ4n) is 2.32. The van der Waals surface area contributed by atoms with E-state index in [-0.39, 0.29) is 13.2 Å². The molecule has 3 rings (SSSR count). The van der Waals surface area contributed by atoms with Crippen LogP contribution in [0.25, 0.3) is 0 Å². The molecule has 1 saturated heterocycles. The highest BCUT2D eigenvalue weighted by Gasteiger charge is 2.48. The lowest BCUT2D eigenvalue weighted by Crippen LogP contribution is -2.43. The van der Waals surface area contributed by atoms with Crippen LogP contribution in [0.15, 0.2) is 24.3 Å². The number of amides is 1. The molecule has 19 heavy (non-hydrogen) atoms. The minimum atomic E-state index is -3.57. The Morgan fingerprint density at radius 2 is 2.16 bits per heavy atom. The average Bonchev–Trinajstić information content (AvgIpc) is 2.41. The van der Waals surface area contributed by atoms with Crippen molar-refractivity contribution in [3.05, 3.63) is 29.8 Å². The number of hydrogen-bond acceptors (Lipinski definition) is 5. The molecule has 2 aliphatic heterocycles. The van der Waals surface area contributed by atoms with Crippen molar-refractivity contribution in [1.82, 2.24) is 5.06 Å². The van der Waals surface area contributed by atoms with Gasteiger partial charge in [-0.15, -0.1) is 0 Å². The maximum atomic E-state index is 12.7. The molecule has 0 aromatic heterocycles. The zero-order valence-corrected chi connectivity index (χ0v) is 11.1. The van der Waals surface area contributed by atoms with Crippen LogP contribution in [0, 0.1) is 0 Å². The molecule has 0 aliphatic carbocycles. The summed E-state index contributed by atoms with van der Waals surface area (Å²) in [5.41, 5.74) is -0.113. The Morgan fingerprint density at radius 1 is 1.37 bits per heavy atom. The fraction of sp³-hybridized carbons (Fsp3) is 0.417. The molecule has 7 heteroatoms. The summed E-state index contributed by atoms with van der Waals surface area (Å²) in [6.45, 7) is 0.411. The smallest absolute Gasteiger partial charge is 0.392 e. The van der Waals surface area contributed by atoms with E-state index in [0.29, 0.717) is 23.7 Å². The van der Waals surface area contributed by atoms with Crippen LogP contribution in [0.3, 0.4) is 0 Å². The minimum absolute atomic E-state index is 0.155. The molecule has 1 aromatic carbocycles. The number of hydroxylamine groups is 2. The highest BCUT2D eigenvalue weighted by atomic mass is 31.2. The third kappa shape index (κ3) is 2.16. The van der Waals surface area contributed by atoms with Gasteiger partial charge in [0.1, 0.15) is 5.75 Å². The summed E-state index contributed by atoms with van der Waals surface area (Å²) in [6.07, 6.45) is 0.973. The summed E-state index contributed by atoms with van der Waals surface area (Å²) in [4.78, 5) is 11.9. The maximum Gasteiger partial charge on any atom is 0.392 e. The van der Waals surface area contributed by atoms with Crippen molar-refractivity contribution in [2.24, 2.45) is 0 Å². The van der Waals surface area contributed by atoms with Crippen molar-refractivity contribution in [2.45, 2.75) is 25.1 Å². The van der Waals surface area contributed by atoms with Gasteiger partial charge in [-0.1, -0.05) is 18.2 Å². The number of para-hydroxylation sites is 1. The van der Waals surface area contributed by atoms with E-state index in [1.165, 1.54) is 0 Å². The van der Waals surface area contributed by atoms with E-state index in [4.69, 9.17) is 9.05 Å². The molecule has 2 aliphatic rings. The van der Waals surface area contributed by atoms with Gasteiger partial charge in [0, 0.05) is 12.1 Å². The van der Waals surface area contributed by atoms with Crippen LogP contribution in [-0.2, 0) is 20.5 Å². The molecule has 1 amide bonds. The predicted octanol–water partition coefficient (Wildman–Crippen LogP) is 2.17. The maximum absolute atomic E-state index is 12.7. The highest BCUT2D eigenvalue weighted by molar-refractivity contribution is 7.56. The molecule has 0 spiro atoms. The number of nitrogens with zero attached hydrogens (tertiary/aromatic N) is 1. The summed E-state index contributed by atoms with van der Waals surface area (Å²) >= 11 is 0. The molecule has 2 heterocycles. The van der Waals surface area contributed by atoms with E-state index in [1.54, 1.807) is 12.1 Å². The molecule has 6 nitrogen and oxygen atoms in total. The van der Waals surface area contributed by atoms with Crippen molar-refractivity contribution < 1.29 is 23.6 Å². The normalized spacial score (nSPS) is 30.7. The van der Waals surface area contributed by atoms with Crippen molar-refractivity contribution >= 4 is 13.5 Å².